The van der Waals surface area contributed by atoms with Gasteiger partial charge in [-0.25, -0.2) is 4.39 Å². The molecule has 0 aliphatic carbocycles. The highest BCUT2D eigenvalue weighted by atomic mass is 19.1. The molecule has 1 aromatic carbocycles. The van der Waals surface area contributed by atoms with Crippen molar-refractivity contribution in [2.45, 2.75) is 32.2 Å². The Labute approximate surface area is 112 Å². The van der Waals surface area contributed by atoms with Gasteiger partial charge < -0.3 is 15.8 Å². The summed E-state index contributed by atoms with van der Waals surface area (Å²) in [6.07, 6.45) is 1.45. The standard InChI is InChI=1S/C14H19FN2O2/c1-9-7-10(16)8-11(12(9)15)13(18)17-14(2)3-5-19-6-4-14/h7-8H,3-6,16H2,1-2H3,(H,17,18). The Morgan fingerprint density at radius 3 is 2.68 bits per heavy atom. The smallest absolute Gasteiger partial charge is 0.254 e. The van der Waals surface area contributed by atoms with Gasteiger partial charge in [-0.05, 0) is 44.4 Å². The number of aryl methyl sites for hydroxylation is 1. The van der Waals surface area contributed by atoms with Gasteiger partial charge in [-0.1, -0.05) is 0 Å². The third-order valence-electron chi connectivity index (χ3n) is 3.53. The third kappa shape index (κ3) is 3.04. The lowest BCUT2D eigenvalue weighted by Gasteiger charge is -2.34. The molecule has 2 rings (SSSR count). The van der Waals surface area contributed by atoms with E-state index in [1.165, 1.54) is 12.1 Å². The van der Waals surface area contributed by atoms with Crippen LogP contribution in [0.3, 0.4) is 0 Å². The number of hydrogen-bond donors (Lipinski definition) is 2. The van der Waals surface area contributed by atoms with E-state index in [-0.39, 0.29) is 11.1 Å². The van der Waals surface area contributed by atoms with Crippen LogP contribution in [0, 0.1) is 12.7 Å². The fraction of sp³-hybridized carbons (Fsp3) is 0.500. The molecule has 1 aromatic rings. The molecule has 0 atom stereocenters. The highest BCUT2D eigenvalue weighted by Gasteiger charge is 2.30. The number of carbonyl (C=O) groups is 1. The normalized spacial score (nSPS) is 18.1. The first kappa shape index (κ1) is 13.8. The van der Waals surface area contributed by atoms with E-state index in [0.717, 1.165) is 12.8 Å². The van der Waals surface area contributed by atoms with E-state index < -0.39 is 11.7 Å². The number of ether oxygens (including phenoxy) is 1. The van der Waals surface area contributed by atoms with Crippen LogP contribution >= 0.6 is 0 Å². The first-order chi connectivity index (χ1) is 8.91. The van der Waals surface area contributed by atoms with Crippen molar-refractivity contribution in [2.75, 3.05) is 18.9 Å². The molecular formula is C14H19FN2O2. The molecule has 1 amide bonds. The number of halogens is 1. The van der Waals surface area contributed by atoms with Gasteiger partial charge in [-0.15, -0.1) is 0 Å². The van der Waals surface area contributed by atoms with Gasteiger partial charge in [0.05, 0.1) is 5.56 Å². The molecule has 3 N–H and O–H groups in total. The van der Waals surface area contributed by atoms with Gasteiger partial charge in [-0.2, -0.15) is 0 Å². The lowest BCUT2D eigenvalue weighted by Crippen LogP contribution is -2.49. The van der Waals surface area contributed by atoms with Crippen molar-refractivity contribution >= 4 is 11.6 Å². The third-order valence-corrected chi connectivity index (χ3v) is 3.53. The van der Waals surface area contributed by atoms with Crippen molar-refractivity contribution in [3.05, 3.63) is 29.1 Å². The number of benzene rings is 1. The van der Waals surface area contributed by atoms with Gasteiger partial charge in [-0.3, -0.25) is 4.79 Å². The minimum absolute atomic E-state index is 0.00483. The molecule has 104 valence electrons. The van der Waals surface area contributed by atoms with Gasteiger partial charge in [0, 0.05) is 24.4 Å². The fourth-order valence-corrected chi connectivity index (χ4v) is 2.25. The minimum atomic E-state index is -0.512. The van der Waals surface area contributed by atoms with Crippen molar-refractivity contribution in [3.8, 4) is 0 Å². The minimum Gasteiger partial charge on any atom is -0.399 e. The summed E-state index contributed by atoms with van der Waals surface area (Å²) >= 11 is 0. The lowest BCUT2D eigenvalue weighted by molar-refractivity contribution is 0.0421. The molecule has 0 saturated carbocycles. The van der Waals surface area contributed by atoms with Gasteiger partial charge >= 0.3 is 0 Å². The number of nitrogen functional groups attached to an aromatic ring is 1. The van der Waals surface area contributed by atoms with E-state index in [0.29, 0.717) is 24.5 Å². The first-order valence-electron chi connectivity index (χ1n) is 6.37. The molecule has 0 bridgehead atoms. The molecule has 1 saturated heterocycles. The summed E-state index contributed by atoms with van der Waals surface area (Å²) in [6, 6.07) is 2.89. The van der Waals surface area contributed by atoms with E-state index in [4.69, 9.17) is 10.5 Å². The summed E-state index contributed by atoms with van der Waals surface area (Å²) in [4.78, 5) is 12.2. The lowest BCUT2D eigenvalue weighted by atomic mass is 9.92. The van der Waals surface area contributed by atoms with Crippen molar-refractivity contribution in [3.63, 3.8) is 0 Å². The van der Waals surface area contributed by atoms with E-state index in [9.17, 15) is 9.18 Å². The summed E-state index contributed by atoms with van der Waals surface area (Å²) < 4.78 is 19.2. The molecule has 0 spiro atoms. The molecule has 1 aliphatic rings. The molecule has 0 unspecified atom stereocenters. The Morgan fingerprint density at radius 1 is 1.42 bits per heavy atom. The quantitative estimate of drug-likeness (QED) is 0.805. The first-order valence-corrected chi connectivity index (χ1v) is 6.37. The maximum absolute atomic E-state index is 14.0. The predicted molar refractivity (Wildman–Crippen MR) is 71.5 cm³/mol. The average molecular weight is 266 g/mol. The van der Waals surface area contributed by atoms with E-state index >= 15 is 0 Å². The fourth-order valence-electron chi connectivity index (χ4n) is 2.25. The molecule has 1 aliphatic heterocycles. The van der Waals surface area contributed by atoms with Gasteiger partial charge in [0.1, 0.15) is 5.82 Å². The summed E-state index contributed by atoms with van der Waals surface area (Å²) in [5.41, 5.74) is 6.09. The Hall–Kier alpha value is -1.62. The van der Waals surface area contributed by atoms with Crippen molar-refractivity contribution in [1.29, 1.82) is 0 Å². The zero-order valence-electron chi connectivity index (χ0n) is 11.3. The van der Waals surface area contributed by atoms with Crippen molar-refractivity contribution in [1.82, 2.24) is 5.32 Å². The zero-order chi connectivity index (χ0) is 14.0. The largest absolute Gasteiger partial charge is 0.399 e. The zero-order valence-corrected chi connectivity index (χ0v) is 11.3. The predicted octanol–water partition coefficient (Wildman–Crippen LogP) is 2.02. The van der Waals surface area contributed by atoms with Crippen LogP contribution in [0.2, 0.25) is 0 Å². The van der Waals surface area contributed by atoms with Crippen LogP contribution in [0.1, 0.15) is 35.7 Å². The van der Waals surface area contributed by atoms with Crippen LogP contribution < -0.4 is 11.1 Å². The highest BCUT2D eigenvalue weighted by Crippen LogP contribution is 2.22. The molecule has 19 heavy (non-hydrogen) atoms. The molecular weight excluding hydrogens is 247 g/mol. The number of amides is 1. The summed E-state index contributed by atoms with van der Waals surface area (Å²) in [7, 11) is 0. The number of nitrogens with one attached hydrogen (secondary N) is 1. The number of hydrogen-bond acceptors (Lipinski definition) is 3. The van der Waals surface area contributed by atoms with Crippen LogP contribution in [-0.4, -0.2) is 24.7 Å². The molecule has 0 aromatic heterocycles. The van der Waals surface area contributed by atoms with Gasteiger partial charge in [0.2, 0.25) is 0 Å². The van der Waals surface area contributed by atoms with Crippen LogP contribution in [0.4, 0.5) is 10.1 Å². The molecule has 1 heterocycles. The van der Waals surface area contributed by atoms with E-state index in [2.05, 4.69) is 5.32 Å². The van der Waals surface area contributed by atoms with E-state index in [1.807, 2.05) is 6.92 Å². The number of anilines is 1. The van der Waals surface area contributed by atoms with Crippen molar-refractivity contribution < 1.29 is 13.9 Å². The summed E-state index contributed by atoms with van der Waals surface area (Å²) in [5, 5.41) is 2.89. The number of carbonyl (C=O) groups excluding carboxylic acids is 1. The molecule has 0 radical (unpaired) electrons. The Kier molecular flexibility index (Phi) is 3.75. The topological polar surface area (TPSA) is 64.4 Å². The summed E-state index contributed by atoms with van der Waals surface area (Å²) in [6.45, 7) is 4.76. The Morgan fingerprint density at radius 2 is 2.05 bits per heavy atom. The van der Waals surface area contributed by atoms with Gasteiger partial charge in [0.15, 0.2) is 0 Å². The maximum atomic E-state index is 14.0. The maximum Gasteiger partial charge on any atom is 0.254 e. The second-order valence-corrected chi connectivity index (χ2v) is 5.33. The summed E-state index contributed by atoms with van der Waals surface area (Å²) in [5.74, 6) is -0.931. The van der Waals surface area contributed by atoms with Crippen LogP contribution in [0.5, 0.6) is 0 Å². The van der Waals surface area contributed by atoms with Crippen LogP contribution in [0.15, 0.2) is 12.1 Å². The number of rotatable bonds is 2. The van der Waals surface area contributed by atoms with E-state index in [1.54, 1.807) is 6.92 Å². The molecule has 5 heteroatoms. The average Bonchev–Trinajstić information content (AvgIpc) is 2.34. The molecule has 1 fully saturated rings. The van der Waals surface area contributed by atoms with Crippen LogP contribution in [-0.2, 0) is 4.74 Å². The second-order valence-electron chi connectivity index (χ2n) is 5.33. The van der Waals surface area contributed by atoms with Crippen molar-refractivity contribution in [2.24, 2.45) is 0 Å². The second kappa shape index (κ2) is 5.17. The monoisotopic (exact) mass is 266 g/mol. The van der Waals surface area contributed by atoms with Gasteiger partial charge in [0.25, 0.3) is 5.91 Å². The highest BCUT2D eigenvalue weighted by molar-refractivity contribution is 5.96. The van der Waals surface area contributed by atoms with Crippen LogP contribution in [0.25, 0.3) is 0 Å². The molecule has 4 nitrogen and oxygen atoms in total. The SMILES string of the molecule is Cc1cc(N)cc(C(=O)NC2(C)CCOCC2)c1F. The Balaban J connectivity index is 2.20. The number of nitrogens with two attached hydrogens (primary N) is 1. The Bertz CT molecular complexity index is 496.